The Morgan fingerprint density at radius 2 is 1.92 bits per heavy atom. The molecule has 3 rings (SSSR count). The Balaban J connectivity index is 1.62. The number of hydrogen-bond acceptors (Lipinski definition) is 4. The summed E-state index contributed by atoms with van der Waals surface area (Å²) in [6.45, 7) is 0.471. The Labute approximate surface area is 145 Å². The number of nitrogens with zero attached hydrogens (tertiary/aromatic N) is 2. The molecule has 6 nitrogen and oxygen atoms in total. The van der Waals surface area contributed by atoms with Crippen molar-refractivity contribution in [3.8, 4) is 11.8 Å². The Morgan fingerprint density at radius 1 is 1.16 bits per heavy atom. The minimum Gasteiger partial charge on any atom is -0.489 e. The molecule has 0 fully saturated rings. The summed E-state index contributed by atoms with van der Waals surface area (Å²) in [5.74, 6) is 0.317. The van der Waals surface area contributed by atoms with Gasteiger partial charge in [-0.15, -0.1) is 0 Å². The van der Waals surface area contributed by atoms with E-state index in [1.165, 1.54) is 6.20 Å². The van der Waals surface area contributed by atoms with Gasteiger partial charge in [0.1, 0.15) is 24.1 Å². The number of H-pyrrole nitrogens is 1. The lowest BCUT2D eigenvalue weighted by atomic mass is 10.1. The second kappa shape index (κ2) is 7.79. The van der Waals surface area contributed by atoms with Crippen LogP contribution in [0.25, 0.3) is 0 Å². The molecule has 0 bridgehead atoms. The van der Waals surface area contributed by atoms with Gasteiger partial charge < -0.3 is 10.1 Å². The molecule has 25 heavy (non-hydrogen) atoms. The van der Waals surface area contributed by atoms with Crippen molar-refractivity contribution in [3.05, 3.63) is 83.7 Å². The minimum absolute atomic E-state index is 0.308. The molecule has 2 aromatic carbocycles. The predicted molar refractivity (Wildman–Crippen MR) is 91.6 cm³/mol. The zero-order valence-corrected chi connectivity index (χ0v) is 13.3. The monoisotopic (exact) mass is 332 g/mol. The standard InChI is InChI=1S/C19H16N4O2/c20-12-18(22-19(24)17-10-11-21-23-17)15-6-8-16(9-7-15)25-13-14-4-2-1-3-5-14/h1-11,18H,13H2,(H,21,23)(H,22,24)/t18-/m1/s1. The molecule has 1 atom stereocenters. The quantitative estimate of drug-likeness (QED) is 0.726. The van der Waals surface area contributed by atoms with E-state index in [9.17, 15) is 10.1 Å². The largest absolute Gasteiger partial charge is 0.489 e. The van der Waals surface area contributed by atoms with Crippen LogP contribution in [0.15, 0.2) is 66.9 Å². The van der Waals surface area contributed by atoms with Gasteiger partial charge in [-0.2, -0.15) is 10.4 Å². The average Bonchev–Trinajstić information content (AvgIpc) is 3.20. The number of aromatic amines is 1. The molecule has 1 aromatic heterocycles. The molecule has 3 aromatic rings. The third-order valence-corrected chi connectivity index (χ3v) is 3.61. The maximum atomic E-state index is 12.0. The fourth-order valence-corrected chi connectivity index (χ4v) is 2.28. The molecule has 0 aliphatic heterocycles. The van der Waals surface area contributed by atoms with Crippen LogP contribution in [0.2, 0.25) is 0 Å². The van der Waals surface area contributed by atoms with E-state index in [0.717, 1.165) is 5.56 Å². The summed E-state index contributed by atoms with van der Waals surface area (Å²) < 4.78 is 5.72. The Bertz CT molecular complexity index is 853. The van der Waals surface area contributed by atoms with Gasteiger partial charge in [0.2, 0.25) is 0 Å². The average molecular weight is 332 g/mol. The second-order valence-corrected chi connectivity index (χ2v) is 5.35. The van der Waals surface area contributed by atoms with E-state index < -0.39 is 6.04 Å². The molecule has 0 saturated heterocycles. The first-order chi connectivity index (χ1) is 12.3. The molecular weight excluding hydrogens is 316 g/mol. The zero-order chi connectivity index (χ0) is 17.5. The summed E-state index contributed by atoms with van der Waals surface area (Å²) in [5, 5.41) is 18.3. The summed E-state index contributed by atoms with van der Waals surface area (Å²) in [7, 11) is 0. The summed E-state index contributed by atoms with van der Waals surface area (Å²) in [4.78, 5) is 12.0. The molecule has 124 valence electrons. The second-order valence-electron chi connectivity index (χ2n) is 5.35. The first-order valence-corrected chi connectivity index (χ1v) is 7.73. The highest BCUT2D eigenvalue weighted by Crippen LogP contribution is 2.19. The number of rotatable bonds is 6. The summed E-state index contributed by atoms with van der Waals surface area (Å²) in [5.41, 5.74) is 2.07. The van der Waals surface area contributed by atoms with Crippen molar-refractivity contribution in [2.24, 2.45) is 0 Å². The highest BCUT2D eigenvalue weighted by atomic mass is 16.5. The van der Waals surface area contributed by atoms with Crippen LogP contribution in [0.1, 0.15) is 27.7 Å². The van der Waals surface area contributed by atoms with Gasteiger partial charge in [-0.1, -0.05) is 42.5 Å². The van der Waals surface area contributed by atoms with Gasteiger partial charge in [0, 0.05) is 6.20 Å². The summed E-state index contributed by atoms with van der Waals surface area (Å²) in [6.07, 6.45) is 1.48. The van der Waals surface area contributed by atoms with Crippen molar-refractivity contribution >= 4 is 5.91 Å². The van der Waals surface area contributed by atoms with Crippen LogP contribution in [-0.4, -0.2) is 16.1 Å². The van der Waals surface area contributed by atoms with Crippen LogP contribution in [0.4, 0.5) is 0 Å². The Kier molecular flexibility index (Phi) is 5.07. The van der Waals surface area contributed by atoms with E-state index in [1.807, 2.05) is 30.3 Å². The molecule has 0 aliphatic carbocycles. The number of aromatic nitrogens is 2. The van der Waals surface area contributed by atoms with Gasteiger partial charge >= 0.3 is 0 Å². The first-order valence-electron chi connectivity index (χ1n) is 7.73. The SMILES string of the molecule is N#C[C@@H](NC(=O)c1ccn[nH]1)c1ccc(OCc2ccccc2)cc1. The lowest BCUT2D eigenvalue weighted by Crippen LogP contribution is -2.27. The molecule has 0 saturated carbocycles. The lowest BCUT2D eigenvalue weighted by molar-refractivity contribution is 0.0940. The first kappa shape index (κ1) is 16.3. The van der Waals surface area contributed by atoms with E-state index in [4.69, 9.17) is 4.74 Å². The van der Waals surface area contributed by atoms with Crippen LogP contribution in [-0.2, 0) is 6.61 Å². The van der Waals surface area contributed by atoms with E-state index in [2.05, 4.69) is 21.6 Å². The van der Waals surface area contributed by atoms with Gasteiger partial charge in [0.05, 0.1) is 6.07 Å². The van der Waals surface area contributed by atoms with Crippen molar-refractivity contribution in [1.82, 2.24) is 15.5 Å². The van der Waals surface area contributed by atoms with Crippen LogP contribution < -0.4 is 10.1 Å². The molecule has 0 spiro atoms. The molecule has 0 aliphatic rings. The van der Waals surface area contributed by atoms with Crippen molar-refractivity contribution in [1.29, 1.82) is 5.26 Å². The number of carbonyl (C=O) groups excluding carboxylic acids is 1. The van der Waals surface area contributed by atoms with Crippen molar-refractivity contribution in [2.45, 2.75) is 12.6 Å². The lowest BCUT2D eigenvalue weighted by Gasteiger charge is -2.12. The van der Waals surface area contributed by atoms with E-state index >= 15 is 0 Å². The molecule has 0 radical (unpaired) electrons. The fourth-order valence-electron chi connectivity index (χ4n) is 2.28. The van der Waals surface area contributed by atoms with Crippen molar-refractivity contribution < 1.29 is 9.53 Å². The van der Waals surface area contributed by atoms with Crippen molar-refractivity contribution in [2.75, 3.05) is 0 Å². The van der Waals surface area contributed by atoms with Gasteiger partial charge in [0.15, 0.2) is 0 Å². The molecule has 2 N–H and O–H groups in total. The third-order valence-electron chi connectivity index (χ3n) is 3.61. The van der Waals surface area contributed by atoms with Crippen LogP contribution >= 0.6 is 0 Å². The highest BCUT2D eigenvalue weighted by Gasteiger charge is 2.16. The molecule has 1 amide bonds. The van der Waals surface area contributed by atoms with Crippen molar-refractivity contribution in [3.63, 3.8) is 0 Å². The third kappa shape index (κ3) is 4.24. The molecule has 6 heteroatoms. The smallest absolute Gasteiger partial charge is 0.270 e. The zero-order valence-electron chi connectivity index (χ0n) is 13.3. The topological polar surface area (TPSA) is 90.8 Å². The van der Waals surface area contributed by atoms with Crippen LogP contribution in [0.5, 0.6) is 5.75 Å². The fraction of sp³-hybridized carbons (Fsp3) is 0.105. The number of carbonyl (C=O) groups is 1. The normalized spacial score (nSPS) is 11.3. The molecule has 1 heterocycles. The number of ether oxygens (including phenoxy) is 1. The van der Waals surface area contributed by atoms with E-state index in [1.54, 1.807) is 30.3 Å². The number of amides is 1. The van der Waals surface area contributed by atoms with Gasteiger partial charge in [-0.25, -0.2) is 0 Å². The molecular formula is C19H16N4O2. The highest BCUT2D eigenvalue weighted by molar-refractivity contribution is 5.92. The van der Waals surface area contributed by atoms with E-state index in [0.29, 0.717) is 23.6 Å². The van der Waals surface area contributed by atoms with Crippen LogP contribution in [0, 0.1) is 11.3 Å². The minimum atomic E-state index is -0.751. The van der Waals surface area contributed by atoms with Gasteiger partial charge in [-0.3, -0.25) is 9.89 Å². The van der Waals surface area contributed by atoms with Crippen LogP contribution in [0.3, 0.4) is 0 Å². The number of benzene rings is 2. The number of hydrogen-bond donors (Lipinski definition) is 2. The van der Waals surface area contributed by atoms with Gasteiger partial charge in [-0.05, 0) is 29.3 Å². The van der Waals surface area contributed by atoms with E-state index in [-0.39, 0.29) is 5.91 Å². The predicted octanol–water partition coefficient (Wildman–Crippen LogP) is 2.98. The van der Waals surface area contributed by atoms with Gasteiger partial charge in [0.25, 0.3) is 5.91 Å². The molecule has 0 unspecified atom stereocenters. The maximum Gasteiger partial charge on any atom is 0.270 e. The summed E-state index contributed by atoms with van der Waals surface area (Å²) >= 11 is 0. The Morgan fingerprint density at radius 3 is 2.56 bits per heavy atom. The number of nitriles is 1. The number of nitrogens with one attached hydrogen (secondary N) is 2. The maximum absolute atomic E-state index is 12.0. The Hall–Kier alpha value is -3.59. The summed E-state index contributed by atoms with van der Waals surface area (Å²) in [6, 6.07) is 19.8.